The highest BCUT2D eigenvalue weighted by atomic mass is 16.5. The molecule has 1 saturated carbocycles. The largest absolute Gasteiger partial charge is 0.378 e. The van der Waals surface area contributed by atoms with Crippen molar-refractivity contribution in [3.8, 4) is 0 Å². The normalized spacial score (nSPS) is 31.3. The van der Waals surface area contributed by atoms with Crippen LogP contribution in [0, 0.1) is 11.3 Å². The van der Waals surface area contributed by atoms with E-state index < -0.39 is 11.0 Å². The maximum absolute atomic E-state index is 13.1. The fourth-order valence-electron chi connectivity index (χ4n) is 3.99. The van der Waals surface area contributed by atoms with Gasteiger partial charge in [0.1, 0.15) is 5.54 Å². The first-order chi connectivity index (χ1) is 11.8. The lowest BCUT2D eigenvalue weighted by molar-refractivity contribution is -0.180. The van der Waals surface area contributed by atoms with Crippen LogP contribution in [0.1, 0.15) is 59.8 Å². The molecule has 0 spiro atoms. The third-order valence-electron chi connectivity index (χ3n) is 6.12. The molecule has 6 nitrogen and oxygen atoms in total. The molecule has 3 N–H and O–H groups in total. The minimum absolute atomic E-state index is 0.0179. The number of hydrogen-bond donors (Lipinski definition) is 2. The number of hydrogen-bond acceptors (Lipinski definition) is 4. The summed E-state index contributed by atoms with van der Waals surface area (Å²) in [6.07, 6.45) is 4.30. The van der Waals surface area contributed by atoms with Crippen LogP contribution in [0.2, 0.25) is 0 Å². The summed E-state index contributed by atoms with van der Waals surface area (Å²) in [6, 6.07) is 0. The summed E-state index contributed by atoms with van der Waals surface area (Å²) in [5.41, 5.74) is 5.24. The molecule has 3 unspecified atom stereocenters. The zero-order valence-corrected chi connectivity index (χ0v) is 16.3. The first-order valence-corrected chi connectivity index (χ1v) is 9.75. The predicted octanol–water partition coefficient (Wildman–Crippen LogP) is 1.67. The van der Waals surface area contributed by atoms with Gasteiger partial charge in [-0.05, 0) is 26.2 Å². The van der Waals surface area contributed by atoms with Crippen molar-refractivity contribution in [2.75, 3.05) is 26.2 Å². The highest BCUT2D eigenvalue weighted by Crippen LogP contribution is 2.50. The van der Waals surface area contributed by atoms with Crippen LogP contribution < -0.4 is 11.1 Å². The molecule has 2 aliphatic rings. The second-order valence-corrected chi connectivity index (χ2v) is 8.08. The van der Waals surface area contributed by atoms with E-state index in [1.807, 2.05) is 20.8 Å². The molecule has 1 saturated heterocycles. The van der Waals surface area contributed by atoms with E-state index in [0.717, 1.165) is 25.7 Å². The van der Waals surface area contributed by atoms with Crippen LogP contribution in [-0.4, -0.2) is 54.6 Å². The quantitative estimate of drug-likeness (QED) is 0.682. The molecular weight excluding hydrogens is 318 g/mol. The van der Waals surface area contributed by atoms with Gasteiger partial charge in [-0.15, -0.1) is 0 Å². The molecule has 1 aliphatic heterocycles. The second kappa shape index (κ2) is 8.04. The van der Waals surface area contributed by atoms with Crippen molar-refractivity contribution in [3.63, 3.8) is 0 Å². The van der Waals surface area contributed by atoms with Crippen LogP contribution >= 0.6 is 0 Å². The number of nitrogens with two attached hydrogens (primary N) is 1. The van der Waals surface area contributed by atoms with Crippen molar-refractivity contribution < 1.29 is 14.3 Å². The highest BCUT2D eigenvalue weighted by Gasteiger charge is 2.63. The number of unbranched alkanes of at least 4 members (excludes halogenated alkanes) is 1. The van der Waals surface area contributed by atoms with Crippen molar-refractivity contribution in [1.82, 2.24) is 10.2 Å². The summed E-state index contributed by atoms with van der Waals surface area (Å²) in [5.74, 6) is -0.0828. The fraction of sp³-hybridized carbons (Fsp3) is 0.895. The molecule has 2 rings (SSSR count). The molecule has 3 atom stereocenters. The Hall–Kier alpha value is -1.14. The Morgan fingerprint density at radius 2 is 2.04 bits per heavy atom. The molecule has 2 amide bonds. The Morgan fingerprint density at radius 3 is 2.64 bits per heavy atom. The van der Waals surface area contributed by atoms with E-state index in [1.54, 1.807) is 4.90 Å². The Labute approximate surface area is 151 Å². The first kappa shape index (κ1) is 20.2. The van der Waals surface area contributed by atoms with E-state index in [9.17, 15) is 9.59 Å². The van der Waals surface area contributed by atoms with Gasteiger partial charge in [0.25, 0.3) is 0 Å². The Bertz CT molecular complexity index is 494. The average molecular weight is 354 g/mol. The van der Waals surface area contributed by atoms with Gasteiger partial charge in [0, 0.05) is 38.1 Å². The van der Waals surface area contributed by atoms with E-state index >= 15 is 0 Å². The third kappa shape index (κ3) is 3.85. The number of carbonyl (C=O) groups is 2. The van der Waals surface area contributed by atoms with Crippen molar-refractivity contribution >= 4 is 11.8 Å². The van der Waals surface area contributed by atoms with E-state index in [2.05, 4.69) is 12.2 Å². The maximum atomic E-state index is 13.1. The molecular formula is C19H35N3O3. The highest BCUT2D eigenvalue weighted by molar-refractivity contribution is 5.89. The molecule has 1 heterocycles. The zero-order chi connectivity index (χ0) is 18.7. The molecule has 0 radical (unpaired) electrons. The lowest BCUT2D eigenvalue weighted by Crippen LogP contribution is -2.76. The summed E-state index contributed by atoms with van der Waals surface area (Å²) in [4.78, 5) is 27.3. The monoisotopic (exact) mass is 353 g/mol. The lowest BCUT2D eigenvalue weighted by atomic mass is 9.54. The molecule has 0 aromatic heterocycles. The minimum Gasteiger partial charge on any atom is -0.378 e. The number of nitrogens with zero attached hydrogens (tertiary/aromatic N) is 1. The lowest BCUT2D eigenvalue weighted by Gasteiger charge is -2.59. The molecule has 0 aromatic rings. The van der Waals surface area contributed by atoms with Crippen LogP contribution in [0.3, 0.4) is 0 Å². The molecule has 25 heavy (non-hydrogen) atoms. The summed E-state index contributed by atoms with van der Waals surface area (Å²) < 4.78 is 5.73. The van der Waals surface area contributed by atoms with Gasteiger partial charge in [-0.25, -0.2) is 0 Å². The van der Waals surface area contributed by atoms with Gasteiger partial charge in [-0.3, -0.25) is 9.59 Å². The van der Waals surface area contributed by atoms with E-state index in [0.29, 0.717) is 32.7 Å². The van der Waals surface area contributed by atoms with Gasteiger partial charge in [0.05, 0.1) is 12.0 Å². The third-order valence-corrected chi connectivity index (χ3v) is 6.12. The van der Waals surface area contributed by atoms with Crippen molar-refractivity contribution in [2.24, 2.45) is 17.1 Å². The van der Waals surface area contributed by atoms with Gasteiger partial charge < -0.3 is 20.7 Å². The van der Waals surface area contributed by atoms with Crippen LogP contribution in [0.4, 0.5) is 0 Å². The summed E-state index contributed by atoms with van der Waals surface area (Å²) in [7, 11) is 0. The summed E-state index contributed by atoms with van der Waals surface area (Å²) >= 11 is 0. The SMILES string of the molecule is CCCCNC(=O)C1CCCN(C(=O)C2(N)CC(OCC)C2(C)C)C1. The van der Waals surface area contributed by atoms with Gasteiger partial charge in [0.15, 0.2) is 0 Å². The Kier molecular flexibility index (Phi) is 6.49. The average Bonchev–Trinajstić information content (AvgIpc) is 2.61. The van der Waals surface area contributed by atoms with Gasteiger partial charge >= 0.3 is 0 Å². The zero-order valence-electron chi connectivity index (χ0n) is 16.3. The number of amides is 2. The molecule has 2 fully saturated rings. The van der Waals surface area contributed by atoms with Crippen LogP contribution in [0.25, 0.3) is 0 Å². The van der Waals surface area contributed by atoms with Gasteiger partial charge in [-0.2, -0.15) is 0 Å². The predicted molar refractivity (Wildman–Crippen MR) is 98.0 cm³/mol. The van der Waals surface area contributed by atoms with Crippen molar-refractivity contribution in [1.29, 1.82) is 0 Å². The Balaban J connectivity index is 1.97. The van der Waals surface area contributed by atoms with E-state index in [-0.39, 0.29) is 23.8 Å². The van der Waals surface area contributed by atoms with Crippen molar-refractivity contribution in [3.05, 3.63) is 0 Å². The number of likely N-dealkylation sites (tertiary alicyclic amines) is 1. The van der Waals surface area contributed by atoms with Crippen LogP contribution in [-0.2, 0) is 14.3 Å². The van der Waals surface area contributed by atoms with Crippen molar-refractivity contribution in [2.45, 2.75) is 71.4 Å². The van der Waals surface area contributed by atoms with Gasteiger partial charge in [0.2, 0.25) is 11.8 Å². The minimum atomic E-state index is -0.895. The Morgan fingerprint density at radius 1 is 1.32 bits per heavy atom. The van der Waals surface area contributed by atoms with E-state index in [4.69, 9.17) is 10.5 Å². The molecule has 6 heteroatoms. The van der Waals surface area contributed by atoms with Crippen LogP contribution in [0.5, 0.6) is 0 Å². The number of rotatable bonds is 7. The molecule has 1 aliphatic carbocycles. The summed E-state index contributed by atoms with van der Waals surface area (Å²) in [5, 5.41) is 2.99. The second-order valence-electron chi connectivity index (χ2n) is 8.08. The van der Waals surface area contributed by atoms with Crippen LogP contribution in [0.15, 0.2) is 0 Å². The first-order valence-electron chi connectivity index (χ1n) is 9.75. The number of piperidine rings is 1. The molecule has 0 bridgehead atoms. The molecule has 0 aromatic carbocycles. The molecule has 144 valence electrons. The number of nitrogens with one attached hydrogen (secondary N) is 1. The number of carbonyl (C=O) groups excluding carboxylic acids is 2. The standard InChI is InChI=1S/C19H35N3O3/c1-5-7-10-21-16(23)14-9-8-11-22(13-14)17(24)19(20)12-15(25-6-2)18(19,3)4/h14-15H,5-13,20H2,1-4H3,(H,21,23). The smallest absolute Gasteiger partial charge is 0.243 e. The summed E-state index contributed by atoms with van der Waals surface area (Å²) in [6.45, 7) is 10.6. The fourth-order valence-corrected chi connectivity index (χ4v) is 3.99. The number of ether oxygens (including phenoxy) is 1. The topological polar surface area (TPSA) is 84.7 Å². The van der Waals surface area contributed by atoms with Gasteiger partial charge in [-0.1, -0.05) is 27.2 Å². The maximum Gasteiger partial charge on any atom is 0.243 e. The van der Waals surface area contributed by atoms with E-state index in [1.165, 1.54) is 0 Å².